The quantitative estimate of drug-likeness (QED) is 0.250. The summed E-state index contributed by atoms with van der Waals surface area (Å²) in [4.78, 5) is 11.1. The van der Waals surface area contributed by atoms with E-state index in [4.69, 9.17) is 19.3 Å². The Hall–Kier alpha value is -1.03. The van der Waals surface area contributed by atoms with Gasteiger partial charge in [0.1, 0.15) is 31.0 Å². The van der Waals surface area contributed by atoms with Crippen LogP contribution in [0.25, 0.3) is 0 Å². The largest absolute Gasteiger partial charge is 0.460 e. The molecule has 0 aromatic carbocycles. The first-order valence-electron chi connectivity index (χ1n) is 6.13. The lowest BCUT2D eigenvalue weighted by atomic mass is 9.99. The molecule has 116 valence electrons. The maximum absolute atomic E-state index is 11.1. The van der Waals surface area contributed by atoms with Gasteiger partial charge in [-0.2, -0.15) is 0 Å². The average Bonchev–Trinajstić information content (AvgIpc) is 2.42. The molecule has 0 spiro atoms. The minimum absolute atomic E-state index is 0.0816. The molecule has 1 fully saturated rings. The zero-order valence-corrected chi connectivity index (χ0v) is 11.1. The van der Waals surface area contributed by atoms with E-state index in [1.165, 1.54) is 6.92 Å². The molecule has 1 heterocycles. The first-order chi connectivity index (χ1) is 9.38. The SMILES string of the molecule is C=C(C)C(=O)OCCO[C@@H]1OC(CO)[C@H](O)C(O)[C@@H]1O. The topological polar surface area (TPSA) is 126 Å². The second-order valence-corrected chi connectivity index (χ2v) is 4.48. The van der Waals surface area contributed by atoms with E-state index in [9.17, 15) is 20.1 Å². The fraction of sp³-hybridized carbons (Fsp3) is 0.750. The van der Waals surface area contributed by atoms with E-state index in [0.29, 0.717) is 0 Å². The summed E-state index contributed by atoms with van der Waals surface area (Å²) in [5, 5.41) is 37.7. The molecule has 8 heteroatoms. The van der Waals surface area contributed by atoms with Gasteiger partial charge >= 0.3 is 5.97 Å². The highest BCUT2D eigenvalue weighted by Gasteiger charge is 2.43. The number of carbonyl (C=O) groups is 1. The predicted octanol–water partition coefficient (Wildman–Crippen LogP) is -2.08. The molecule has 0 aliphatic carbocycles. The summed E-state index contributed by atoms with van der Waals surface area (Å²) >= 11 is 0. The van der Waals surface area contributed by atoms with Crippen molar-refractivity contribution in [2.75, 3.05) is 19.8 Å². The Bertz CT molecular complexity index is 342. The average molecular weight is 292 g/mol. The third-order valence-electron chi connectivity index (χ3n) is 2.80. The van der Waals surface area contributed by atoms with Crippen molar-refractivity contribution >= 4 is 5.97 Å². The smallest absolute Gasteiger partial charge is 0.333 e. The number of esters is 1. The third-order valence-corrected chi connectivity index (χ3v) is 2.80. The van der Waals surface area contributed by atoms with Gasteiger partial charge in [-0.3, -0.25) is 0 Å². The van der Waals surface area contributed by atoms with Gasteiger partial charge in [0.15, 0.2) is 6.29 Å². The predicted molar refractivity (Wildman–Crippen MR) is 65.5 cm³/mol. The van der Waals surface area contributed by atoms with Gasteiger partial charge < -0.3 is 34.6 Å². The number of hydrogen-bond donors (Lipinski definition) is 4. The van der Waals surface area contributed by atoms with E-state index in [0.717, 1.165) is 0 Å². The standard InChI is InChI=1S/C12H20O8/c1-6(2)11(17)18-3-4-19-12-10(16)9(15)8(14)7(5-13)20-12/h7-10,12-16H,1,3-5H2,2H3/t7?,8-,9?,10-,12+/m0/s1. The Morgan fingerprint density at radius 3 is 2.40 bits per heavy atom. The van der Waals surface area contributed by atoms with Gasteiger partial charge in [-0.15, -0.1) is 0 Å². The fourth-order valence-corrected chi connectivity index (χ4v) is 1.63. The number of aliphatic hydroxyl groups is 4. The zero-order chi connectivity index (χ0) is 15.3. The van der Waals surface area contributed by atoms with E-state index in [2.05, 4.69) is 6.58 Å². The van der Waals surface area contributed by atoms with E-state index in [1.54, 1.807) is 0 Å². The molecule has 20 heavy (non-hydrogen) atoms. The summed E-state index contributed by atoms with van der Waals surface area (Å²) in [5.41, 5.74) is 0.248. The van der Waals surface area contributed by atoms with Crippen molar-refractivity contribution in [1.29, 1.82) is 0 Å². The van der Waals surface area contributed by atoms with E-state index in [1.807, 2.05) is 0 Å². The van der Waals surface area contributed by atoms with Crippen molar-refractivity contribution in [3.05, 3.63) is 12.2 Å². The van der Waals surface area contributed by atoms with Gasteiger partial charge in [0.25, 0.3) is 0 Å². The normalized spacial score (nSPS) is 33.8. The number of aliphatic hydroxyl groups excluding tert-OH is 4. The van der Waals surface area contributed by atoms with Crippen molar-refractivity contribution in [2.45, 2.75) is 37.6 Å². The number of carbonyl (C=O) groups excluding carboxylic acids is 1. The van der Waals surface area contributed by atoms with Crippen LogP contribution in [-0.2, 0) is 19.0 Å². The maximum Gasteiger partial charge on any atom is 0.333 e. The maximum atomic E-state index is 11.1. The lowest BCUT2D eigenvalue weighted by molar-refractivity contribution is -0.302. The van der Waals surface area contributed by atoms with Crippen molar-refractivity contribution in [3.63, 3.8) is 0 Å². The van der Waals surface area contributed by atoms with Gasteiger partial charge in [-0.1, -0.05) is 6.58 Å². The monoisotopic (exact) mass is 292 g/mol. The molecule has 0 radical (unpaired) electrons. The van der Waals surface area contributed by atoms with E-state index >= 15 is 0 Å². The van der Waals surface area contributed by atoms with E-state index < -0.39 is 43.3 Å². The molecule has 2 unspecified atom stereocenters. The fourth-order valence-electron chi connectivity index (χ4n) is 1.63. The van der Waals surface area contributed by atoms with Crippen LogP contribution in [0.2, 0.25) is 0 Å². The molecule has 0 amide bonds. The summed E-state index contributed by atoms with van der Waals surface area (Å²) in [6.07, 6.45) is -6.66. The first kappa shape index (κ1) is 17.0. The molecule has 0 bridgehead atoms. The Kier molecular flexibility index (Phi) is 6.53. The van der Waals surface area contributed by atoms with Crippen LogP contribution in [0, 0.1) is 0 Å². The Morgan fingerprint density at radius 2 is 1.85 bits per heavy atom. The Balaban J connectivity index is 2.39. The molecule has 5 atom stereocenters. The molecule has 0 aromatic heterocycles. The highest BCUT2D eigenvalue weighted by Crippen LogP contribution is 2.21. The third kappa shape index (κ3) is 4.23. The molecule has 1 saturated heterocycles. The molecule has 0 saturated carbocycles. The Morgan fingerprint density at radius 1 is 1.20 bits per heavy atom. The van der Waals surface area contributed by atoms with Crippen molar-refractivity contribution in [1.82, 2.24) is 0 Å². The minimum atomic E-state index is -1.50. The Labute approximate surface area is 116 Å². The van der Waals surface area contributed by atoms with Crippen LogP contribution in [0.15, 0.2) is 12.2 Å². The molecule has 0 aromatic rings. The molecular formula is C12H20O8. The summed E-state index contributed by atoms with van der Waals surface area (Å²) in [5.74, 6) is -0.567. The molecule has 1 aliphatic rings. The second-order valence-electron chi connectivity index (χ2n) is 4.48. The van der Waals surface area contributed by atoms with Crippen LogP contribution in [0.1, 0.15) is 6.92 Å². The summed E-state index contributed by atoms with van der Waals surface area (Å²) in [7, 11) is 0. The second kappa shape index (κ2) is 7.67. The van der Waals surface area contributed by atoms with E-state index in [-0.39, 0.29) is 18.8 Å². The number of hydrogen-bond acceptors (Lipinski definition) is 8. The van der Waals surface area contributed by atoms with Crippen LogP contribution in [-0.4, -0.2) is 76.9 Å². The van der Waals surface area contributed by atoms with Gasteiger partial charge in [0, 0.05) is 5.57 Å². The van der Waals surface area contributed by atoms with Crippen LogP contribution >= 0.6 is 0 Å². The van der Waals surface area contributed by atoms with Gasteiger partial charge in [-0.05, 0) is 6.92 Å². The summed E-state index contributed by atoms with van der Waals surface area (Å²) in [6, 6.07) is 0. The lowest BCUT2D eigenvalue weighted by Crippen LogP contribution is -2.59. The van der Waals surface area contributed by atoms with Crippen LogP contribution in [0.5, 0.6) is 0 Å². The van der Waals surface area contributed by atoms with Crippen molar-refractivity contribution in [2.24, 2.45) is 0 Å². The number of ether oxygens (including phenoxy) is 3. The van der Waals surface area contributed by atoms with Crippen LogP contribution in [0.3, 0.4) is 0 Å². The first-order valence-corrected chi connectivity index (χ1v) is 6.13. The van der Waals surface area contributed by atoms with Crippen molar-refractivity contribution < 1.29 is 39.4 Å². The zero-order valence-electron chi connectivity index (χ0n) is 11.1. The molecule has 4 N–H and O–H groups in total. The lowest BCUT2D eigenvalue weighted by Gasteiger charge is -2.39. The molecule has 1 rings (SSSR count). The minimum Gasteiger partial charge on any atom is -0.460 e. The summed E-state index contributed by atoms with van der Waals surface area (Å²) in [6.45, 7) is 4.21. The molecule has 1 aliphatic heterocycles. The van der Waals surface area contributed by atoms with Crippen LogP contribution in [0.4, 0.5) is 0 Å². The van der Waals surface area contributed by atoms with Gasteiger partial charge in [-0.25, -0.2) is 4.79 Å². The highest BCUT2D eigenvalue weighted by atomic mass is 16.7. The molecular weight excluding hydrogens is 272 g/mol. The summed E-state index contributed by atoms with van der Waals surface area (Å²) < 4.78 is 15.0. The highest BCUT2D eigenvalue weighted by molar-refractivity contribution is 5.86. The van der Waals surface area contributed by atoms with Crippen LogP contribution < -0.4 is 0 Å². The van der Waals surface area contributed by atoms with Gasteiger partial charge in [0.2, 0.25) is 0 Å². The van der Waals surface area contributed by atoms with Crippen molar-refractivity contribution in [3.8, 4) is 0 Å². The van der Waals surface area contributed by atoms with Gasteiger partial charge in [0.05, 0.1) is 13.2 Å². The molecule has 8 nitrogen and oxygen atoms in total. The number of rotatable bonds is 6.